The Balaban J connectivity index is 2.55. The predicted molar refractivity (Wildman–Crippen MR) is 60.4 cm³/mol. The summed E-state index contributed by atoms with van der Waals surface area (Å²) in [6.07, 6.45) is 0. The molecule has 0 unspecified atom stereocenters. The maximum atomic E-state index is 5.61. The van der Waals surface area contributed by atoms with Crippen LogP contribution in [0, 0.1) is 13.8 Å². The summed E-state index contributed by atoms with van der Waals surface area (Å²) in [7, 11) is 1.77. The molecule has 0 saturated carbocycles. The summed E-state index contributed by atoms with van der Waals surface area (Å²) in [5.41, 5.74) is 5.61. The van der Waals surface area contributed by atoms with E-state index in [0.29, 0.717) is 17.5 Å². The van der Waals surface area contributed by atoms with Gasteiger partial charge in [0, 0.05) is 13.1 Å². The number of nitrogen functional groups attached to an aromatic ring is 1. The summed E-state index contributed by atoms with van der Waals surface area (Å²) >= 11 is 0. The van der Waals surface area contributed by atoms with Crippen molar-refractivity contribution in [3.05, 3.63) is 17.7 Å². The van der Waals surface area contributed by atoms with E-state index in [2.05, 4.69) is 25.4 Å². The highest BCUT2D eigenvalue weighted by atomic mass is 15.4. The highest BCUT2D eigenvalue weighted by Gasteiger charge is 2.08. The molecule has 2 heterocycles. The smallest absolute Gasteiger partial charge is 0.224 e. The normalized spacial score (nSPS) is 10.4. The number of hydrogen-bond donors (Lipinski definition) is 2. The zero-order valence-electron chi connectivity index (χ0n) is 9.39. The van der Waals surface area contributed by atoms with Gasteiger partial charge in [-0.25, -0.2) is 4.98 Å². The van der Waals surface area contributed by atoms with Crippen molar-refractivity contribution in [2.75, 3.05) is 18.1 Å². The molecule has 2 aromatic heterocycles. The van der Waals surface area contributed by atoms with Crippen molar-refractivity contribution < 1.29 is 0 Å². The van der Waals surface area contributed by atoms with Gasteiger partial charge in [-0.15, -0.1) is 5.10 Å². The molecule has 7 heteroatoms. The summed E-state index contributed by atoms with van der Waals surface area (Å²) in [6, 6.07) is 1.76. The maximum Gasteiger partial charge on any atom is 0.224 e. The third kappa shape index (κ3) is 1.79. The molecule has 0 aliphatic carbocycles. The SMILES string of the molecule is CNc1cc(-n2nc(C)nc2C)nc(N)n1. The lowest BCUT2D eigenvalue weighted by molar-refractivity contribution is 0.801. The predicted octanol–water partition coefficient (Wildman–Crippen LogP) is 0.298. The van der Waals surface area contributed by atoms with Gasteiger partial charge < -0.3 is 11.1 Å². The number of rotatable bonds is 2. The third-order valence-corrected chi connectivity index (χ3v) is 2.08. The van der Waals surface area contributed by atoms with E-state index >= 15 is 0 Å². The number of aromatic nitrogens is 5. The van der Waals surface area contributed by atoms with Crippen LogP contribution in [0.4, 0.5) is 11.8 Å². The molecule has 0 atom stereocenters. The van der Waals surface area contributed by atoms with Gasteiger partial charge in [0.25, 0.3) is 0 Å². The van der Waals surface area contributed by atoms with E-state index in [4.69, 9.17) is 5.73 Å². The van der Waals surface area contributed by atoms with Crippen LogP contribution in [0.25, 0.3) is 5.82 Å². The molecule has 0 fully saturated rings. The maximum absolute atomic E-state index is 5.61. The molecule has 0 spiro atoms. The number of anilines is 2. The molecule has 0 aromatic carbocycles. The van der Waals surface area contributed by atoms with Crippen molar-refractivity contribution >= 4 is 11.8 Å². The number of aryl methyl sites for hydroxylation is 2. The summed E-state index contributed by atoms with van der Waals surface area (Å²) in [5.74, 6) is 2.91. The minimum atomic E-state index is 0.203. The Morgan fingerprint density at radius 1 is 1.25 bits per heavy atom. The summed E-state index contributed by atoms with van der Waals surface area (Å²) < 4.78 is 1.63. The first-order valence-corrected chi connectivity index (χ1v) is 4.83. The number of nitrogens with one attached hydrogen (secondary N) is 1. The molecule has 0 aliphatic heterocycles. The molecule has 0 amide bonds. The molecule has 0 saturated heterocycles. The van der Waals surface area contributed by atoms with Crippen molar-refractivity contribution in [3.63, 3.8) is 0 Å². The highest BCUT2D eigenvalue weighted by molar-refractivity contribution is 5.45. The van der Waals surface area contributed by atoms with Gasteiger partial charge in [0.2, 0.25) is 5.95 Å². The molecule has 2 aromatic rings. The Morgan fingerprint density at radius 2 is 2.00 bits per heavy atom. The average molecular weight is 219 g/mol. The first-order valence-electron chi connectivity index (χ1n) is 4.83. The third-order valence-electron chi connectivity index (χ3n) is 2.08. The molecule has 0 aliphatic rings. The van der Waals surface area contributed by atoms with E-state index in [-0.39, 0.29) is 5.95 Å². The Kier molecular flexibility index (Phi) is 2.43. The molecule has 16 heavy (non-hydrogen) atoms. The van der Waals surface area contributed by atoms with Crippen LogP contribution in [-0.4, -0.2) is 31.8 Å². The Bertz CT molecular complexity index is 517. The van der Waals surface area contributed by atoms with Gasteiger partial charge in [-0.05, 0) is 13.8 Å². The van der Waals surface area contributed by atoms with E-state index in [1.54, 1.807) is 17.8 Å². The van der Waals surface area contributed by atoms with Crippen molar-refractivity contribution in [1.29, 1.82) is 0 Å². The minimum absolute atomic E-state index is 0.203. The van der Waals surface area contributed by atoms with Crippen LogP contribution >= 0.6 is 0 Å². The van der Waals surface area contributed by atoms with Gasteiger partial charge in [0.15, 0.2) is 5.82 Å². The molecular weight excluding hydrogens is 206 g/mol. The lowest BCUT2D eigenvalue weighted by Gasteiger charge is -2.05. The van der Waals surface area contributed by atoms with Crippen molar-refractivity contribution in [2.45, 2.75) is 13.8 Å². The quantitative estimate of drug-likeness (QED) is 0.754. The summed E-state index contributed by atoms with van der Waals surface area (Å²) in [6.45, 7) is 3.68. The second-order valence-corrected chi connectivity index (χ2v) is 3.34. The zero-order chi connectivity index (χ0) is 11.7. The molecule has 3 N–H and O–H groups in total. The lowest BCUT2D eigenvalue weighted by Crippen LogP contribution is -2.07. The van der Waals surface area contributed by atoms with Gasteiger partial charge >= 0.3 is 0 Å². The van der Waals surface area contributed by atoms with Crippen molar-refractivity contribution in [1.82, 2.24) is 24.7 Å². The van der Waals surface area contributed by atoms with Crippen LogP contribution in [0.2, 0.25) is 0 Å². The highest BCUT2D eigenvalue weighted by Crippen LogP contribution is 2.12. The fourth-order valence-corrected chi connectivity index (χ4v) is 1.43. The second-order valence-electron chi connectivity index (χ2n) is 3.34. The van der Waals surface area contributed by atoms with Gasteiger partial charge in [-0.1, -0.05) is 0 Å². The van der Waals surface area contributed by atoms with Gasteiger partial charge in [-0.2, -0.15) is 14.6 Å². The van der Waals surface area contributed by atoms with Crippen LogP contribution in [0.5, 0.6) is 0 Å². The number of nitrogens with two attached hydrogens (primary N) is 1. The Morgan fingerprint density at radius 3 is 2.56 bits per heavy atom. The van der Waals surface area contributed by atoms with Crippen LogP contribution < -0.4 is 11.1 Å². The second kappa shape index (κ2) is 3.76. The van der Waals surface area contributed by atoms with Crippen molar-refractivity contribution in [3.8, 4) is 5.82 Å². The fraction of sp³-hybridized carbons (Fsp3) is 0.333. The van der Waals surface area contributed by atoms with Crippen LogP contribution in [0.3, 0.4) is 0 Å². The van der Waals surface area contributed by atoms with Crippen LogP contribution in [0.1, 0.15) is 11.6 Å². The van der Waals surface area contributed by atoms with Crippen molar-refractivity contribution in [2.24, 2.45) is 0 Å². The van der Waals surface area contributed by atoms with Gasteiger partial charge in [-0.3, -0.25) is 0 Å². The van der Waals surface area contributed by atoms with E-state index in [1.807, 2.05) is 13.8 Å². The Labute approximate surface area is 92.7 Å². The van der Waals surface area contributed by atoms with E-state index < -0.39 is 0 Å². The average Bonchev–Trinajstić information content (AvgIpc) is 2.57. The van der Waals surface area contributed by atoms with E-state index in [9.17, 15) is 0 Å². The van der Waals surface area contributed by atoms with E-state index in [1.165, 1.54) is 0 Å². The fourth-order valence-electron chi connectivity index (χ4n) is 1.43. The first kappa shape index (κ1) is 10.3. The van der Waals surface area contributed by atoms with Gasteiger partial charge in [0.05, 0.1) is 0 Å². The molecule has 2 rings (SSSR count). The van der Waals surface area contributed by atoms with Crippen LogP contribution in [0.15, 0.2) is 6.07 Å². The monoisotopic (exact) mass is 219 g/mol. The summed E-state index contributed by atoms with van der Waals surface area (Å²) in [5, 5.41) is 7.14. The topological polar surface area (TPSA) is 94.5 Å². The first-order chi connectivity index (χ1) is 7.60. The minimum Gasteiger partial charge on any atom is -0.373 e. The summed E-state index contributed by atoms with van der Waals surface area (Å²) in [4.78, 5) is 12.3. The molecule has 7 nitrogen and oxygen atoms in total. The van der Waals surface area contributed by atoms with Crippen LogP contribution in [-0.2, 0) is 0 Å². The lowest BCUT2D eigenvalue weighted by atomic mass is 10.5. The molecular formula is C9H13N7. The standard InChI is InChI=1S/C9H13N7/c1-5-12-6(2)16(15-5)8-4-7(11-3)13-9(10)14-8/h4H,1-3H3,(H3,10,11,13,14). The Hall–Kier alpha value is -2.18. The molecule has 0 radical (unpaired) electrons. The largest absolute Gasteiger partial charge is 0.373 e. The van der Waals surface area contributed by atoms with Gasteiger partial charge in [0.1, 0.15) is 17.5 Å². The zero-order valence-corrected chi connectivity index (χ0v) is 9.39. The number of nitrogens with zero attached hydrogens (tertiary/aromatic N) is 5. The molecule has 84 valence electrons. The van der Waals surface area contributed by atoms with E-state index in [0.717, 1.165) is 5.82 Å². The number of hydrogen-bond acceptors (Lipinski definition) is 6. The molecule has 0 bridgehead atoms.